The van der Waals surface area contributed by atoms with Crippen LogP contribution in [0, 0.1) is 0 Å². The van der Waals surface area contributed by atoms with Crippen molar-refractivity contribution < 1.29 is 19.4 Å². The van der Waals surface area contributed by atoms with E-state index in [0.29, 0.717) is 17.7 Å². The summed E-state index contributed by atoms with van der Waals surface area (Å²) in [5.74, 6) is 0.390. The van der Waals surface area contributed by atoms with Crippen LogP contribution >= 0.6 is 0 Å². The van der Waals surface area contributed by atoms with Crippen molar-refractivity contribution in [2.45, 2.75) is 25.0 Å². The van der Waals surface area contributed by atoms with Crippen LogP contribution in [-0.2, 0) is 9.53 Å². The summed E-state index contributed by atoms with van der Waals surface area (Å²) < 4.78 is 9.55. The lowest BCUT2D eigenvalue weighted by Gasteiger charge is -2.18. The summed E-state index contributed by atoms with van der Waals surface area (Å²) in [6, 6.07) is 6.51. The van der Waals surface area contributed by atoms with Crippen LogP contribution in [-0.4, -0.2) is 31.3 Å². The monoisotopic (exact) mass is 253 g/mol. The number of ether oxygens (including phenoxy) is 2. The van der Waals surface area contributed by atoms with Gasteiger partial charge >= 0.3 is 5.97 Å². The molecule has 0 aliphatic rings. The first-order valence-electron chi connectivity index (χ1n) is 5.73. The van der Waals surface area contributed by atoms with Gasteiger partial charge < -0.3 is 20.3 Å². The van der Waals surface area contributed by atoms with Crippen LogP contribution in [0.15, 0.2) is 24.3 Å². The van der Waals surface area contributed by atoms with Gasteiger partial charge in [0.2, 0.25) is 0 Å². The quantitative estimate of drug-likeness (QED) is 0.739. The number of rotatable bonds is 6. The van der Waals surface area contributed by atoms with Gasteiger partial charge in [-0.3, -0.25) is 4.79 Å². The smallest absolute Gasteiger partial charge is 0.305 e. The average Bonchev–Trinajstić information content (AvgIpc) is 2.43. The zero-order valence-corrected chi connectivity index (χ0v) is 10.6. The van der Waals surface area contributed by atoms with Gasteiger partial charge in [-0.2, -0.15) is 0 Å². The molecule has 1 aromatic rings. The molecule has 0 aliphatic heterocycles. The standard InChI is InChI=1S/C13H19NO4/c1-17-10-5-3-9(4-6-10)13(16)11(14)7-8-12(15)18-2/h3-6,11,13,16H,7-8,14H2,1-2H3. The highest BCUT2D eigenvalue weighted by Gasteiger charge is 2.18. The summed E-state index contributed by atoms with van der Waals surface area (Å²) in [7, 11) is 2.90. The van der Waals surface area contributed by atoms with E-state index in [9.17, 15) is 9.90 Å². The topological polar surface area (TPSA) is 81.8 Å². The minimum atomic E-state index is -0.805. The SMILES string of the molecule is COC(=O)CCC(N)C(O)c1ccc(OC)cc1. The zero-order valence-electron chi connectivity index (χ0n) is 10.6. The minimum absolute atomic E-state index is 0.199. The molecule has 0 saturated heterocycles. The van der Waals surface area contributed by atoms with Crippen LogP contribution in [0.25, 0.3) is 0 Å². The Bertz CT molecular complexity index is 377. The molecule has 5 nitrogen and oxygen atoms in total. The molecule has 0 radical (unpaired) electrons. The van der Waals surface area contributed by atoms with Crippen molar-refractivity contribution in [3.05, 3.63) is 29.8 Å². The Kier molecular flexibility index (Phi) is 5.61. The normalized spacial score (nSPS) is 13.8. The number of aliphatic hydroxyl groups is 1. The van der Waals surface area contributed by atoms with Gasteiger partial charge in [0.15, 0.2) is 0 Å². The maximum atomic E-state index is 11.0. The molecule has 0 saturated carbocycles. The number of aliphatic hydroxyl groups excluding tert-OH is 1. The highest BCUT2D eigenvalue weighted by atomic mass is 16.5. The summed E-state index contributed by atoms with van der Waals surface area (Å²) in [4.78, 5) is 11.0. The Hall–Kier alpha value is -1.59. The molecule has 1 rings (SSSR count). The van der Waals surface area contributed by atoms with E-state index >= 15 is 0 Å². The van der Waals surface area contributed by atoms with E-state index in [2.05, 4.69) is 4.74 Å². The fraction of sp³-hybridized carbons (Fsp3) is 0.462. The maximum Gasteiger partial charge on any atom is 0.305 e. The highest BCUT2D eigenvalue weighted by Crippen LogP contribution is 2.21. The lowest BCUT2D eigenvalue weighted by molar-refractivity contribution is -0.140. The van der Waals surface area contributed by atoms with E-state index in [1.807, 2.05) is 0 Å². The molecule has 18 heavy (non-hydrogen) atoms. The van der Waals surface area contributed by atoms with Gasteiger partial charge in [-0.15, -0.1) is 0 Å². The van der Waals surface area contributed by atoms with Gasteiger partial charge in [0.05, 0.1) is 20.3 Å². The fourth-order valence-corrected chi connectivity index (χ4v) is 1.59. The Balaban J connectivity index is 2.56. The van der Waals surface area contributed by atoms with Crippen LogP contribution in [0.1, 0.15) is 24.5 Å². The van der Waals surface area contributed by atoms with Gasteiger partial charge in [0, 0.05) is 12.5 Å². The van der Waals surface area contributed by atoms with Crippen molar-refractivity contribution in [1.29, 1.82) is 0 Å². The predicted molar refractivity (Wildman–Crippen MR) is 67.2 cm³/mol. The first-order valence-corrected chi connectivity index (χ1v) is 5.73. The lowest BCUT2D eigenvalue weighted by atomic mass is 9.99. The number of carbonyl (C=O) groups is 1. The molecule has 0 spiro atoms. The van der Waals surface area contributed by atoms with Gasteiger partial charge in [-0.05, 0) is 24.1 Å². The van der Waals surface area contributed by atoms with Crippen LogP contribution in [0.5, 0.6) is 5.75 Å². The molecule has 0 aliphatic carbocycles. The molecule has 0 fully saturated rings. The number of methoxy groups -OCH3 is 2. The first kappa shape index (κ1) is 14.5. The fourth-order valence-electron chi connectivity index (χ4n) is 1.59. The zero-order chi connectivity index (χ0) is 13.5. The van der Waals surface area contributed by atoms with Gasteiger partial charge in [0.1, 0.15) is 5.75 Å². The number of esters is 1. The Morgan fingerprint density at radius 1 is 1.33 bits per heavy atom. The third-order valence-electron chi connectivity index (χ3n) is 2.77. The molecular formula is C13H19NO4. The second-order valence-corrected chi connectivity index (χ2v) is 4.00. The lowest BCUT2D eigenvalue weighted by Crippen LogP contribution is -2.29. The van der Waals surface area contributed by atoms with Crippen molar-refractivity contribution in [3.63, 3.8) is 0 Å². The molecule has 0 amide bonds. The van der Waals surface area contributed by atoms with E-state index in [0.717, 1.165) is 0 Å². The average molecular weight is 253 g/mol. The molecule has 1 aromatic carbocycles. The van der Waals surface area contributed by atoms with E-state index in [1.54, 1.807) is 31.4 Å². The molecule has 5 heteroatoms. The summed E-state index contributed by atoms with van der Waals surface area (Å²) in [6.07, 6.45) is -0.231. The summed E-state index contributed by atoms with van der Waals surface area (Å²) in [6.45, 7) is 0. The Labute approximate surface area is 107 Å². The van der Waals surface area contributed by atoms with Crippen molar-refractivity contribution in [1.82, 2.24) is 0 Å². The number of benzene rings is 1. The Morgan fingerprint density at radius 2 is 1.94 bits per heavy atom. The van der Waals surface area contributed by atoms with E-state index in [1.165, 1.54) is 7.11 Å². The van der Waals surface area contributed by atoms with E-state index < -0.39 is 12.1 Å². The second-order valence-electron chi connectivity index (χ2n) is 4.00. The largest absolute Gasteiger partial charge is 0.497 e. The van der Waals surface area contributed by atoms with Crippen molar-refractivity contribution in [2.24, 2.45) is 5.73 Å². The van der Waals surface area contributed by atoms with Gasteiger partial charge in [0.25, 0.3) is 0 Å². The number of carbonyl (C=O) groups excluding carboxylic acids is 1. The number of nitrogens with two attached hydrogens (primary N) is 1. The second kappa shape index (κ2) is 6.98. The third kappa shape index (κ3) is 4.01. The summed E-state index contributed by atoms with van der Waals surface area (Å²) >= 11 is 0. The molecule has 0 aromatic heterocycles. The molecular weight excluding hydrogens is 234 g/mol. The van der Waals surface area contributed by atoms with Crippen LogP contribution in [0.3, 0.4) is 0 Å². The van der Waals surface area contributed by atoms with Gasteiger partial charge in [-0.25, -0.2) is 0 Å². The first-order chi connectivity index (χ1) is 8.58. The molecule has 3 N–H and O–H groups in total. The number of hydrogen-bond donors (Lipinski definition) is 2. The molecule has 2 unspecified atom stereocenters. The molecule has 2 atom stereocenters. The molecule has 0 bridgehead atoms. The highest BCUT2D eigenvalue weighted by molar-refractivity contribution is 5.69. The van der Waals surface area contributed by atoms with Crippen LogP contribution in [0.2, 0.25) is 0 Å². The predicted octanol–water partition coefficient (Wildman–Crippen LogP) is 1.01. The van der Waals surface area contributed by atoms with E-state index in [4.69, 9.17) is 10.5 Å². The third-order valence-corrected chi connectivity index (χ3v) is 2.77. The maximum absolute atomic E-state index is 11.0. The molecule has 100 valence electrons. The van der Waals surface area contributed by atoms with Crippen LogP contribution < -0.4 is 10.5 Å². The molecule has 0 heterocycles. The van der Waals surface area contributed by atoms with Gasteiger partial charge in [-0.1, -0.05) is 12.1 Å². The summed E-state index contributed by atoms with van der Waals surface area (Å²) in [5, 5.41) is 10.0. The minimum Gasteiger partial charge on any atom is -0.497 e. The number of hydrogen-bond acceptors (Lipinski definition) is 5. The van der Waals surface area contributed by atoms with E-state index in [-0.39, 0.29) is 12.4 Å². The van der Waals surface area contributed by atoms with Crippen molar-refractivity contribution >= 4 is 5.97 Å². The Morgan fingerprint density at radius 3 is 2.44 bits per heavy atom. The van der Waals surface area contributed by atoms with Crippen LogP contribution in [0.4, 0.5) is 0 Å². The van der Waals surface area contributed by atoms with Crippen molar-refractivity contribution in [3.8, 4) is 5.75 Å². The summed E-state index contributed by atoms with van der Waals surface area (Å²) in [5.41, 5.74) is 6.54. The van der Waals surface area contributed by atoms with Crippen molar-refractivity contribution in [2.75, 3.05) is 14.2 Å².